The summed E-state index contributed by atoms with van der Waals surface area (Å²) in [6, 6.07) is 1.71. The molecule has 0 spiro atoms. The normalized spacial score (nSPS) is 22.2. The van der Waals surface area contributed by atoms with Crippen LogP contribution in [0.4, 0.5) is 0 Å². The van der Waals surface area contributed by atoms with Crippen molar-refractivity contribution in [2.24, 2.45) is 0 Å². The van der Waals surface area contributed by atoms with E-state index in [1.165, 1.54) is 11.3 Å². The second kappa shape index (κ2) is 7.45. The molecule has 0 bridgehead atoms. The maximum Gasteiger partial charge on any atom is 0.264 e. The van der Waals surface area contributed by atoms with Crippen molar-refractivity contribution in [3.63, 3.8) is 0 Å². The van der Waals surface area contributed by atoms with E-state index >= 15 is 0 Å². The second-order valence-corrected chi connectivity index (χ2v) is 6.99. The van der Waals surface area contributed by atoms with Crippen LogP contribution in [0.2, 0.25) is 0 Å². The number of nitrogens with zero attached hydrogens (tertiary/aromatic N) is 2. The molecule has 2 aliphatic heterocycles. The Bertz CT molecular complexity index is 566. The highest BCUT2D eigenvalue weighted by atomic mass is 32.1. The molecule has 2 fully saturated rings. The van der Waals surface area contributed by atoms with E-state index in [2.05, 4.69) is 6.92 Å². The van der Waals surface area contributed by atoms with Gasteiger partial charge in [-0.1, -0.05) is 6.92 Å². The summed E-state index contributed by atoms with van der Waals surface area (Å²) in [7, 11) is 0. The molecule has 0 N–H and O–H groups in total. The summed E-state index contributed by atoms with van der Waals surface area (Å²) in [5.41, 5.74) is 1.09. The molecule has 1 atom stereocenters. The van der Waals surface area contributed by atoms with Crippen molar-refractivity contribution in [2.45, 2.75) is 38.6 Å². The first kappa shape index (κ1) is 16.5. The highest BCUT2D eigenvalue weighted by molar-refractivity contribution is 7.12. The molecule has 0 aliphatic carbocycles. The van der Waals surface area contributed by atoms with E-state index in [0.717, 1.165) is 36.1 Å². The first-order valence-electron chi connectivity index (χ1n) is 8.46. The van der Waals surface area contributed by atoms with Crippen LogP contribution in [0.5, 0.6) is 0 Å². The molecule has 126 valence electrons. The van der Waals surface area contributed by atoms with Crippen molar-refractivity contribution in [3.05, 3.63) is 21.9 Å². The zero-order chi connectivity index (χ0) is 16.2. The Balaban J connectivity index is 1.78. The van der Waals surface area contributed by atoms with Gasteiger partial charge in [-0.05, 0) is 42.7 Å². The molecule has 0 radical (unpaired) electrons. The lowest BCUT2D eigenvalue weighted by molar-refractivity contribution is -0.141. The molecule has 0 aromatic carbocycles. The number of thiophene rings is 1. The maximum absolute atomic E-state index is 13.0. The monoisotopic (exact) mass is 336 g/mol. The third-order valence-corrected chi connectivity index (χ3v) is 5.64. The predicted octanol–water partition coefficient (Wildman–Crippen LogP) is 2.16. The van der Waals surface area contributed by atoms with E-state index in [4.69, 9.17) is 4.74 Å². The third kappa shape index (κ3) is 3.43. The van der Waals surface area contributed by atoms with Crippen molar-refractivity contribution in [2.75, 3.05) is 32.8 Å². The standard InChI is InChI=1S/C17H24N2O3S/c1-2-13-6-12-23-15(13)17(21)19-7-4-3-5-14(19)16(20)18-8-10-22-11-9-18/h6,12,14H,2-5,7-11H2,1H3. The Kier molecular flexibility index (Phi) is 5.33. The minimum atomic E-state index is -0.304. The molecule has 1 unspecified atom stereocenters. The van der Waals surface area contributed by atoms with E-state index in [9.17, 15) is 9.59 Å². The van der Waals surface area contributed by atoms with E-state index in [1.807, 2.05) is 21.2 Å². The molecule has 0 saturated carbocycles. The van der Waals surface area contributed by atoms with Gasteiger partial charge in [-0.3, -0.25) is 9.59 Å². The largest absolute Gasteiger partial charge is 0.378 e. The molecule has 1 aromatic heterocycles. The van der Waals surface area contributed by atoms with Gasteiger partial charge in [0.2, 0.25) is 5.91 Å². The molecular weight excluding hydrogens is 312 g/mol. The number of hydrogen-bond donors (Lipinski definition) is 0. The zero-order valence-electron chi connectivity index (χ0n) is 13.6. The number of carbonyl (C=O) groups excluding carboxylic acids is 2. The Hall–Kier alpha value is -1.40. The second-order valence-electron chi connectivity index (χ2n) is 6.08. The van der Waals surface area contributed by atoms with Crippen molar-refractivity contribution in [3.8, 4) is 0 Å². The quantitative estimate of drug-likeness (QED) is 0.850. The van der Waals surface area contributed by atoms with Gasteiger partial charge in [-0.25, -0.2) is 0 Å². The van der Waals surface area contributed by atoms with Gasteiger partial charge >= 0.3 is 0 Å². The summed E-state index contributed by atoms with van der Waals surface area (Å²) >= 11 is 1.49. The first-order valence-corrected chi connectivity index (χ1v) is 9.34. The molecule has 3 rings (SSSR count). The molecule has 23 heavy (non-hydrogen) atoms. The Morgan fingerprint density at radius 2 is 2.04 bits per heavy atom. The van der Waals surface area contributed by atoms with Crippen LogP contribution in [-0.4, -0.2) is 60.5 Å². The third-order valence-electron chi connectivity index (χ3n) is 4.69. The summed E-state index contributed by atoms with van der Waals surface area (Å²) in [5.74, 6) is 0.124. The molecule has 2 amide bonds. The highest BCUT2D eigenvalue weighted by Crippen LogP contribution is 2.26. The number of likely N-dealkylation sites (tertiary alicyclic amines) is 1. The van der Waals surface area contributed by atoms with Gasteiger partial charge in [-0.15, -0.1) is 11.3 Å². The van der Waals surface area contributed by atoms with E-state index in [0.29, 0.717) is 32.8 Å². The molecule has 2 saturated heterocycles. The van der Waals surface area contributed by atoms with Gasteiger partial charge in [-0.2, -0.15) is 0 Å². The number of amides is 2. The lowest BCUT2D eigenvalue weighted by atomic mass is 9.99. The molecule has 3 heterocycles. The topological polar surface area (TPSA) is 49.9 Å². The van der Waals surface area contributed by atoms with Gasteiger partial charge in [0, 0.05) is 19.6 Å². The van der Waals surface area contributed by atoms with E-state index in [-0.39, 0.29) is 17.9 Å². The van der Waals surface area contributed by atoms with Crippen molar-refractivity contribution in [1.29, 1.82) is 0 Å². The number of rotatable bonds is 3. The number of aryl methyl sites for hydroxylation is 1. The Morgan fingerprint density at radius 1 is 1.26 bits per heavy atom. The van der Waals surface area contributed by atoms with Crippen molar-refractivity contribution < 1.29 is 14.3 Å². The van der Waals surface area contributed by atoms with Gasteiger partial charge in [0.15, 0.2) is 0 Å². The number of piperidine rings is 1. The molecule has 5 nitrogen and oxygen atoms in total. The van der Waals surface area contributed by atoms with E-state index in [1.54, 1.807) is 0 Å². The minimum Gasteiger partial charge on any atom is -0.378 e. The number of carbonyl (C=O) groups is 2. The number of morpholine rings is 1. The average Bonchev–Trinajstić information content (AvgIpc) is 3.10. The zero-order valence-corrected chi connectivity index (χ0v) is 14.4. The first-order chi connectivity index (χ1) is 11.2. The summed E-state index contributed by atoms with van der Waals surface area (Å²) in [6.45, 7) is 5.20. The number of hydrogen-bond acceptors (Lipinski definition) is 4. The summed E-state index contributed by atoms with van der Waals surface area (Å²) < 4.78 is 5.33. The number of ether oxygens (including phenoxy) is 1. The van der Waals surface area contributed by atoms with Crippen LogP contribution >= 0.6 is 11.3 Å². The smallest absolute Gasteiger partial charge is 0.264 e. The summed E-state index contributed by atoms with van der Waals surface area (Å²) in [6.07, 6.45) is 3.61. The van der Waals surface area contributed by atoms with Crippen LogP contribution in [0.1, 0.15) is 41.4 Å². The van der Waals surface area contributed by atoms with Gasteiger partial charge < -0.3 is 14.5 Å². The average molecular weight is 336 g/mol. The van der Waals surface area contributed by atoms with Crippen LogP contribution in [-0.2, 0) is 16.0 Å². The Labute approximate surface area is 141 Å². The summed E-state index contributed by atoms with van der Waals surface area (Å²) in [4.78, 5) is 30.3. The van der Waals surface area contributed by atoms with Crippen LogP contribution in [0, 0.1) is 0 Å². The van der Waals surface area contributed by atoms with Crippen LogP contribution in [0.15, 0.2) is 11.4 Å². The van der Waals surface area contributed by atoms with E-state index < -0.39 is 0 Å². The minimum absolute atomic E-state index is 0.0307. The summed E-state index contributed by atoms with van der Waals surface area (Å²) in [5, 5.41) is 1.97. The van der Waals surface area contributed by atoms with Gasteiger partial charge in [0.1, 0.15) is 6.04 Å². The highest BCUT2D eigenvalue weighted by Gasteiger charge is 2.36. The van der Waals surface area contributed by atoms with Gasteiger partial charge in [0.25, 0.3) is 5.91 Å². The lowest BCUT2D eigenvalue weighted by Crippen LogP contribution is -2.55. The van der Waals surface area contributed by atoms with Gasteiger partial charge in [0.05, 0.1) is 18.1 Å². The van der Waals surface area contributed by atoms with Crippen LogP contribution in [0.25, 0.3) is 0 Å². The molecule has 2 aliphatic rings. The molecule has 6 heteroatoms. The lowest BCUT2D eigenvalue weighted by Gasteiger charge is -2.38. The maximum atomic E-state index is 13.0. The molecular formula is C17H24N2O3S. The SMILES string of the molecule is CCc1ccsc1C(=O)N1CCCCC1C(=O)N1CCOCC1. The fourth-order valence-corrected chi connectivity index (χ4v) is 4.31. The van der Waals surface area contributed by atoms with Crippen molar-refractivity contribution >= 4 is 23.2 Å². The van der Waals surface area contributed by atoms with Crippen LogP contribution in [0.3, 0.4) is 0 Å². The van der Waals surface area contributed by atoms with Crippen molar-refractivity contribution in [1.82, 2.24) is 9.80 Å². The fraction of sp³-hybridized carbons (Fsp3) is 0.647. The molecule has 1 aromatic rings. The predicted molar refractivity (Wildman–Crippen MR) is 89.8 cm³/mol. The fourth-order valence-electron chi connectivity index (χ4n) is 3.36. The Morgan fingerprint density at radius 3 is 2.78 bits per heavy atom. The van der Waals surface area contributed by atoms with Crippen LogP contribution < -0.4 is 0 Å².